The molecule has 1 N–H and O–H groups in total. The molecule has 1 heterocycles. The van der Waals surface area contributed by atoms with Crippen LogP contribution in [0.2, 0.25) is 0 Å². The van der Waals surface area contributed by atoms with Gasteiger partial charge in [0.1, 0.15) is 12.4 Å². The van der Waals surface area contributed by atoms with Crippen LogP contribution in [0.25, 0.3) is 0 Å². The first-order chi connectivity index (χ1) is 6.70. The first-order valence-electron chi connectivity index (χ1n) is 5.22. The van der Waals surface area contributed by atoms with Gasteiger partial charge in [-0.05, 0) is 11.8 Å². The van der Waals surface area contributed by atoms with Crippen molar-refractivity contribution >= 4 is 0 Å². The molecule has 0 aliphatic heterocycles. The van der Waals surface area contributed by atoms with Crippen LogP contribution in [-0.4, -0.2) is 19.9 Å². The number of rotatable bonds is 3. The summed E-state index contributed by atoms with van der Waals surface area (Å²) in [6, 6.07) is 0. The van der Waals surface area contributed by atoms with Gasteiger partial charge in [-0.1, -0.05) is 26.2 Å². The molecule has 0 amide bonds. The number of aromatic nitrogens is 3. The molecular formula is C10H17N3O. The highest BCUT2D eigenvalue weighted by molar-refractivity contribution is 4.94. The van der Waals surface area contributed by atoms with Gasteiger partial charge in [0, 0.05) is 7.05 Å². The number of aliphatic hydroxyl groups excluding tert-OH is 1. The first-order valence-corrected chi connectivity index (χ1v) is 5.22. The van der Waals surface area contributed by atoms with Crippen LogP contribution in [0.3, 0.4) is 0 Å². The third-order valence-corrected chi connectivity index (χ3v) is 3.40. The molecule has 0 aromatic carbocycles. The van der Waals surface area contributed by atoms with Crippen LogP contribution < -0.4 is 0 Å². The quantitative estimate of drug-likeness (QED) is 0.790. The van der Waals surface area contributed by atoms with Crippen LogP contribution in [0.5, 0.6) is 0 Å². The number of aliphatic hydroxyl groups is 1. The molecule has 0 spiro atoms. The molecule has 14 heavy (non-hydrogen) atoms. The van der Waals surface area contributed by atoms with Crippen LogP contribution >= 0.6 is 0 Å². The van der Waals surface area contributed by atoms with E-state index in [0.29, 0.717) is 17.7 Å². The fourth-order valence-corrected chi connectivity index (χ4v) is 2.02. The van der Waals surface area contributed by atoms with Crippen LogP contribution in [-0.2, 0) is 7.05 Å². The van der Waals surface area contributed by atoms with Crippen molar-refractivity contribution in [3.05, 3.63) is 12.2 Å². The van der Waals surface area contributed by atoms with Gasteiger partial charge in [-0.3, -0.25) is 0 Å². The van der Waals surface area contributed by atoms with Crippen molar-refractivity contribution in [3.63, 3.8) is 0 Å². The van der Waals surface area contributed by atoms with E-state index in [9.17, 15) is 5.11 Å². The number of hydrogen-bond acceptors (Lipinski definition) is 3. The molecule has 4 heteroatoms. The molecule has 2 unspecified atom stereocenters. The summed E-state index contributed by atoms with van der Waals surface area (Å²) in [6.07, 6.45) is 4.96. The molecule has 0 saturated heterocycles. The molecule has 0 bridgehead atoms. The highest BCUT2D eigenvalue weighted by Gasteiger charge is 2.31. The van der Waals surface area contributed by atoms with Crippen molar-refractivity contribution in [1.82, 2.24) is 14.8 Å². The third kappa shape index (κ3) is 1.54. The molecule has 1 aliphatic rings. The van der Waals surface area contributed by atoms with E-state index in [-0.39, 0.29) is 0 Å². The predicted octanol–water partition coefficient (Wildman–Crippen LogP) is 1.28. The lowest BCUT2D eigenvalue weighted by molar-refractivity contribution is 0.0451. The van der Waals surface area contributed by atoms with E-state index in [4.69, 9.17) is 0 Å². The summed E-state index contributed by atoms with van der Waals surface area (Å²) in [5.74, 6) is 1.65. The van der Waals surface area contributed by atoms with Crippen molar-refractivity contribution < 1.29 is 5.11 Å². The molecule has 2 atom stereocenters. The molecule has 78 valence electrons. The van der Waals surface area contributed by atoms with Crippen molar-refractivity contribution in [2.45, 2.75) is 32.3 Å². The molecule has 0 radical (unpaired) electrons. The molecule has 2 rings (SSSR count). The van der Waals surface area contributed by atoms with E-state index in [1.165, 1.54) is 19.3 Å². The summed E-state index contributed by atoms with van der Waals surface area (Å²) in [4.78, 5) is 0. The largest absolute Gasteiger partial charge is 0.385 e. The fraction of sp³-hybridized carbons (Fsp3) is 0.800. The topological polar surface area (TPSA) is 50.9 Å². The van der Waals surface area contributed by atoms with Gasteiger partial charge < -0.3 is 9.67 Å². The van der Waals surface area contributed by atoms with Crippen molar-refractivity contribution in [2.24, 2.45) is 18.9 Å². The minimum atomic E-state index is -0.465. The van der Waals surface area contributed by atoms with Gasteiger partial charge in [0.05, 0.1) is 0 Å². The summed E-state index contributed by atoms with van der Waals surface area (Å²) in [5.41, 5.74) is 0. The Kier molecular flexibility index (Phi) is 2.54. The maximum Gasteiger partial charge on any atom is 0.161 e. The summed E-state index contributed by atoms with van der Waals surface area (Å²) in [6.45, 7) is 2.10. The molecular weight excluding hydrogens is 178 g/mol. The standard InChI is InChI=1S/C10H17N3O/c1-7(8-4-3-5-8)9(14)10-12-11-6-13(10)2/h6-9,14H,3-5H2,1-2H3. The Balaban J connectivity index is 2.07. The van der Waals surface area contributed by atoms with Gasteiger partial charge in [0.15, 0.2) is 5.82 Å². The summed E-state index contributed by atoms with van der Waals surface area (Å²) in [5, 5.41) is 17.8. The highest BCUT2D eigenvalue weighted by atomic mass is 16.3. The van der Waals surface area contributed by atoms with Crippen molar-refractivity contribution in [3.8, 4) is 0 Å². The first kappa shape index (κ1) is 9.65. The fourth-order valence-electron chi connectivity index (χ4n) is 2.02. The van der Waals surface area contributed by atoms with Crippen molar-refractivity contribution in [2.75, 3.05) is 0 Å². The molecule has 1 aromatic rings. The summed E-state index contributed by atoms with van der Waals surface area (Å²) < 4.78 is 1.79. The van der Waals surface area contributed by atoms with Gasteiger partial charge in [0.25, 0.3) is 0 Å². The summed E-state index contributed by atoms with van der Waals surface area (Å²) in [7, 11) is 1.87. The average Bonchev–Trinajstić information content (AvgIpc) is 2.47. The Morgan fingerprint density at radius 1 is 1.57 bits per heavy atom. The zero-order chi connectivity index (χ0) is 10.1. The molecule has 1 saturated carbocycles. The van der Waals surface area contributed by atoms with E-state index in [2.05, 4.69) is 17.1 Å². The lowest BCUT2D eigenvalue weighted by Crippen LogP contribution is -2.26. The second-order valence-electron chi connectivity index (χ2n) is 4.29. The Hall–Kier alpha value is -0.900. The second kappa shape index (κ2) is 3.69. The van der Waals surface area contributed by atoms with Crippen molar-refractivity contribution in [1.29, 1.82) is 0 Å². The smallest absolute Gasteiger partial charge is 0.161 e. The maximum atomic E-state index is 10.1. The number of hydrogen-bond donors (Lipinski definition) is 1. The Morgan fingerprint density at radius 2 is 2.29 bits per heavy atom. The van der Waals surface area contributed by atoms with E-state index >= 15 is 0 Å². The van der Waals surface area contributed by atoms with Crippen LogP contribution in [0.1, 0.15) is 38.1 Å². The number of aryl methyl sites for hydroxylation is 1. The lowest BCUT2D eigenvalue weighted by Gasteiger charge is -2.33. The Bertz CT molecular complexity index is 306. The molecule has 1 aromatic heterocycles. The van der Waals surface area contributed by atoms with Gasteiger partial charge in [-0.25, -0.2) is 0 Å². The van der Waals surface area contributed by atoms with Gasteiger partial charge in [-0.2, -0.15) is 0 Å². The summed E-state index contributed by atoms with van der Waals surface area (Å²) >= 11 is 0. The second-order valence-corrected chi connectivity index (χ2v) is 4.29. The van der Waals surface area contributed by atoms with Crippen LogP contribution in [0.4, 0.5) is 0 Å². The maximum absolute atomic E-state index is 10.1. The molecule has 1 fully saturated rings. The predicted molar refractivity (Wildman–Crippen MR) is 52.5 cm³/mol. The van der Waals surface area contributed by atoms with Gasteiger partial charge in [0.2, 0.25) is 0 Å². The van der Waals surface area contributed by atoms with E-state index in [0.717, 1.165) is 0 Å². The van der Waals surface area contributed by atoms with E-state index in [1.54, 1.807) is 10.9 Å². The zero-order valence-corrected chi connectivity index (χ0v) is 8.72. The highest BCUT2D eigenvalue weighted by Crippen LogP contribution is 2.38. The molecule has 4 nitrogen and oxygen atoms in total. The third-order valence-electron chi connectivity index (χ3n) is 3.40. The SMILES string of the molecule is CC(C1CCC1)C(O)c1nncn1C. The Labute approximate surface area is 84.0 Å². The zero-order valence-electron chi connectivity index (χ0n) is 8.72. The number of nitrogens with zero attached hydrogens (tertiary/aromatic N) is 3. The average molecular weight is 195 g/mol. The van der Waals surface area contributed by atoms with E-state index in [1.807, 2.05) is 7.05 Å². The molecule has 1 aliphatic carbocycles. The minimum Gasteiger partial charge on any atom is -0.385 e. The monoisotopic (exact) mass is 195 g/mol. The normalized spacial score (nSPS) is 21.6. The van der Waals surface area contributed by atoms with Crippen LogP contribution in [0.15, 0.2) is 6.33 Å². The van der Waals surface area contributed by atoms with Gasteiger partial charge >= 0.3 is 0 Å². The minimum absolute atomic E-state index is 0.298. The lowest BCUT2D eigenvalue weighted by atomic mass is 9.74. The van der Waals surface area contributed by atoms with E-state index < -0.39 is 6.10 Å². The van der Waals surface area contributed by atoms with Gasteiger partial charge in [-0.15, -0.1) is 10.2 Å². The Morgan fingerprint density at radius 3 is 2.71 bits per heavy atom. The van der Waals surface area contributed by atoms with Crippen LogP contribution in [0, 0.1) is 11.8 Å².